The van der Waals surface area contributed by atoms with E-state index in [1.807, 2.05) is 0 Å². The van der Waals surface area contributed by atoms with Crippen LogP contribution in [-0.2, 0) is 89.8 Å². The van der Waals surface area contributed by atoms with Crippen molar-refractivity contribution in [3.05, 3.63) is 138 Å². The number of hydrogen-bond acceptors (Lipinski definition) is 21. The van der Waals surface area contributed by atoms with Crippen LogP contribution in [0, 0.1) is 11.8 Å². The van der Waals surface area contributed by atoms with Gasteiger partial charge in [0, 0.05) is 18.4 Å². The van der Waals surface area contributed by atoms with E-state index < -0.39 is 213 Å². The van der Waals surface area contributed by atoms with E-state index in [4.69, 9.17) is 34.8 Å². The van der Waals surface area contributed by atoms with Crippen molar-refractivity contribution in [1.29, 1.82) is 0 Å². The molecule has 0 unspecified atom stereocenters. The summed E-state index contributed by atoms with van der Waals surface area (Å²) in [4.78, 5) is 222. The average molecular weight is 1520 g/mol. The summed E-state index contributed by atoms with van der Waals surface area (Å²) in [5.74, 6) is -21.8. The number of alkyl carbamates (subject to hydrolysis) is 2. The van der Waals surface area contributed by atoms with E-state index in [-0.39, 0.29) is 63.3 Å². The molecule has 1 heterocycles. The maximum absolute atomic E-state index is 14.3. The molecule has 0 fully saturated rings. The Labute approximate surface area is 618 Å². The molecule has 109 heavy (non-hydrogen) atoms. The van der Waals surface area contributed by atoms with Crippen molar-refractivity contribution in [2.24, 2.45) is 23.3 Å². The Kier molecular flexibility index (Phi) is 30.9. The van der Waals surface area contributed by atoms with Gasteiger partial charge >= 0.3 is 65.1 Å². The van der Waals surface area contributed by atoms with Gasteiger partial charge in [-0.15, -0.1) is 0 Å². The lowest BCUT2D eigenvalue weighted by Crippen LogP contribution is -2.59. The molecule has 5 aromatic carbocycles. The number of aromatic carboxylic acids is 1. The maximum atomic E-state index is 14.3. The largest absolute Gasteiger partial charge is 0.481 e. The third-order valence-electron chi connectivity index (χ3n) is 16.1. The highest BCUT2D eigenvalue weighted by molar-refractivity contribution is 6.12. The van der Waals surface area contributed by atoms with Gasteiger partial charge in [0.05, 0.1) is 54.2 Å². The van der Waals surface area contributed by atoms with Crippen molar-refractivity contribution in [3.63, 3.8) is 0 Å². The van der Waals surface area contributed by atoms with Crippen molar-refractivity contribution >= 4 is 123 Å². The van der Waals surface area contributed by atoms with Crippen LogP contribution in [0.15, 0.2) is 126 Å². The molecule has 0 saturated heterocycles. The van der Waals surface area contributed by atoms with Gasteiger partial charge in [-0.25, -0.2) is 18.8 Å². The van der Waals surface area contributed by atoms with Gasteiger partial charge in [-0.2, -0.15) is 0 Å². The average Bonchev–Trinajstić information content (AvgIpc) is 0.747. The molecule has 0 spiro atoms. The fourth-order valence-electron chi connectivity index (χ4n) is 10.6. The van der Waals surface area contributed by atoms with Crippen LogP contribution >= 0.6 is 0 Å². The van der Waals surface area contributed by atoms with Gasteiger partial charge in [0.25, 0.3) is 0 Å². The second-order valence-electron chi connectivity index (χ2n) is 25.1. The van der Waals surface area contributed by atoms with E-state index in [1.54, 1.807) is 60.7 Å². The Balaban J connectivity index is 1.33. The summed E-state index contributed by atoms with van der Waals surface area (Å²) in [6, 6.07) is 15.3. The number of carbonyl (C=O) groups excluding carboxylic acids is 12. The molecule has 0 radical (unpaired) electrons. The second-order valence-corrected chi connectivity index (χ2v) is 25.1. The van der Waals surface area contributed by atoms with Crippen LogP contribution in [0.3, 0.4) is 0 Å². The van der Waals surface area contributed by atoms with Crippen LogP contribution in [0.5, 0.6) is 11.5 Å². The van der Waals surface area contributed by atoms with Gasteiger partial charge in [-0.05, 0) is 71.7 Å². The number of benzene rings is 5. The Morgan fingerprint density at radius 2 is 0.752 bits per heavy atom. The highest BCUT2D eigenvalue weighted by Gasteiger charge is 2.38. The molecule has 1 aromatic heterocycles. The highest BCUT2D eigenvalue weighted by atomic mass is 16.6. The smallest absolute Gasteiger partial charge is 0.408 e. The lowest BCUT2D eigenvalue weighted by Gasteiger charge is -2.27. The summed E-state index contributed by atoms with van der Waals surface area (Å²) in [5, 5.41) is 66.6. The zero-order valence-corrected chi connectivity index (χ0v) is 58.8. The molecule has 10 amide bonds. The number of fused-ring (bicyclic) bond motifs is 2. The first-order chi connectivity index (χ1) is 51.6. The summed E-state index contributed by atoms with van der Waals surface area (Å²) in [6.07, 6.45) is -9.48. The third-order valence-corrected chi connectivity index (χ3v) is 16.1. The topological polar surface area (TPSA) is 588 Å². The minimum absolute atomic E-state index is 0.102. The van der Waals surface area contributed by atoms with Crippen LogP contribution in [0.1, 0.15) is 101 Å². The molecule has 578 valence electrons. The van der Waals surface area contributed by atoms with Crippen molar-refractivity contribution in [2.45, 2.75) is 141 Å². The number of primary amides is 2. The maximum Gasteiger partial charge on any atom is 0.408 e. The summed E-state index contributed by atoms with van der Waals surface area (Å²) in [7, 11) is 0. The number of hydrogen-bond donors (Lipinski definition) is 15. The fraction of sp³-hybridized carbons (Fsp3) is 0.333. The van der Waals surface area contributed by atoms with Gasteiger partial charge < -0.3 is 98.5 Å². The number of aliphatic carboxylic acids is 4. The number of nitrogens with one attached hydrogen (secondary N) is 8. The van der Waals surface area contributed by atoms with Crippen LogP contribution < -0.4 is 63.5 Å². The number of carboxylic acids is 5. The van der Waals surface area contributed by atoms with Crippen LogP contribution in [-0.4, -0.2) is 175 Å². The van der Waals surface area contributed by atoms with E-state index in [1.165, 1.54) is 76.2 Å². The Hall–Kier alpha value is -13.6. The Morgan fingerprint density at radius 3 is 1.10 bits per heavy atom. The molecule has 0 aliphatic carbocycles. The van der Waals surface area contributed by atoms with Gasteiger partial charge in [0.1, 0.15) is 73.0 Å². The minimum Gasteiger partial charge on any atom is -0.481 e. The molecule has 0 aliphatic rings. The molecule has 0 aliphatic heterocycles. The van der Waals surface area contributed by atoms with Crippen molar-refractivity contribution in [2.75, 3.05) is 0 Å². The van der Waals surface area contributed by atoms with Crippen LogP contribution in [0.2, 0.25) is 0 Å². The van der Waals surface area contributed by atoms with E-state index in [0.717, 1.165) is 12.1 Å². The predicted molar refractivity (Wildman–Crippen MR) is 376 cm³/mol. The first-order valence-corrected chi connectivity index (χ1v) is 33.4. The predicted octanol–water partition coefficient (Wildman–Crippen LogP) is 2.28. The molecular weight excluding hydrogens is 1440 g/mol. The van der Waals surface area contributed by atoms with Crippen molar-refractivity contribution < 1.29 is 130 Å². The number of carbonyl (C=O) groups is 17. The number of carboxylic acid groups (broad SMARTS) is 5. The molecule has 6 aromatic rings. The highest BCUT2D eigenvalue weighted by Crippen LogP contribution is 2.40. The summed E-state index contributed by atoms with van der Waals surface area (Å²) >= 11 is 0. The van der Waals surface area contributed by atoms with E-state index in [2.05, 4.69) is 42.5 Å². The lowest BCUT2D eigenvalue weighted by atomic mass is 9.93. The third kappa shape index (κ3) is 26.2. The molecule has 17 N–H and O–H groups in total. The molecular formula is C72H79N10O27+. The molecule has 6 rings (SSSR count). The van der Waals surface area contributed by atoms with Crippen molar-refractivity contribution in [1.82, 2.24) is 42.5 Å². The molecule has 0 saturated carbocycles. The molecule has 0 bridgehead atoms. The SMILES string of the molecule is CC(C)[C@H](NC(=O)[C@H](CCC(=O)O)NC(=O)[C@H](CC(=O)Oc1ccc2c(-c3ccccc3C(=O)O)c3ccc(OC(=O)C[C@H](NC(=O)OCc4ccccc4)C(=O)N[C@@H](CCC(=O)O)C(=O)N[C@H](C(=O)N[C@@H](CC(=O)O)C(N)=O)C(C)C)cc3[o+]c2c1)NC(=O)OCc1ccccc1)C(=O)N[C@@H](CC(=O)O)C(N)=O. The lowest BCUT2D eigenvalue weighted by molar-refractivity contribution is -0.141. The molecule has 8 atom stereocenters. The van der Waals surface area contributed by atoms with E-state index in [0.29, 0.717) is 11.1 Å². The summed E-state index contributed by atoms with van der Waals surface area (Å²) < 4.78 is 28.4. The summed E-state index contributed by atoms with van der Waals surface area (Å²) in [6.45, 7) is 5.06. The molecule has 37 nitrogen and oxygen atoms in total. The summed E-state index contributed by atoms with van der Waals surface area (Å²) in [5.41, 5.74) is 11.3. The quantitative estimate of drug-likeness (QED) is 0.0114. The zero-order chi connectivity index (χ0) is 80.3. The van der Waals surface area contributed by atoms with Gasteiger partial charge in [-0.1, -0.05) is 107 Å². The standard InChI is InChI=1S/C72H78N10O27/c1-35(2)60(68(99)77-47(62(73)93)29-55(87)88)81-64(95)45(23-25-53(83)84)75-66(97)49(79-71(103)105-33-37-13-7-5-8-14-37)31-57(91)107-39-19-21-43-51(27-39)109-52-28-40(20-22-44(52)59(43)41-17-11-12-18-42(41)70(101)102)108-58(92)32-50(80-72(104)106-34-38-15-9-6-10-16-38)67(98)76-46(24-26-54(85)86)65(96)82-61(36(3)4)69(100)78-48(63(74)94)30-56(89)90/h5-22,27-28,35-36,45-50,60-61H,23-26,29-34H2,1-4H3,(H16-,73,74,75,76,77,78,79,80,81,82,83,84,85,86,87,88,89,90,93,94,95,96,97,98,99,100,101,102,103,104)/p+1/t45-,46-,47-,48-,49-,50-,60-,61-/m0/s1. The number of esters is 2. The van der Waals surface area contributed by atoms with Gasteiger partial charge in [0.15, 0.2) is 0 Å². The zero-order valence-electron chi connectivity index (χ0n) is 58.8. The number of rotatable bonds is 40. The normalized spacial score (nSPS) is 13.2. The van der Waals surface area contributed by atoms with Crippen LogP contribution in [0.4, 0.5) is 9.59 Å². The first kappa shape index (κ1) is 84.3. The Morgan fingerprint density at radius 1 is 0.394 bits per heavy atom. The fourth-order valence-corrected chi connectivity index (χ4v) is 10.6. The number of nitrogens with two attached hydrogens (primary N) is 2. The van der Waals surface area contributed by atoms with E-state index >= 15 is 0 Å². The van der Waals surface area contributed by atoms with Gasteiger partial charge in [-0.3, -0.25) is 67.1 Å². The van der Waals surface area contributed by atoms with Gasteiger partial charge in [0.2, 0.25) is 47.3 Å². The van der Waals surface area contributed by atoms with Crippen molar-refractivity contribution in [3.8, 4) is 22.6 Å². The monoisotopic (exact) mass is 1520 g/mol. The molecule has 37 heteroatoms. The minimum atomic E-state index is -2.01. The first-order valence-electron chi connectivity index (χ1n) is 33.4. The number of ether oxygens (including phenoxy) is 4. The number of amides is 10. The van der Waals surface area contributed by atoms with Crippen LogP contribution in [0.25, 0.3) is 33.1 Å². The Bertz CT molecular complexity index is 4200. The van der Waals surface area contributed by atoms with E-state index in [9.17, 15) is 107 Å². The second kappa shape index (κ2) is 40.0.